The molecule has 0 aliphatic heterocycles. The van der Waals surface area contributed by atoms with E-state index in [0.29, 0.717) is 6.42 Å². The van der Waals surface area contributed by atoms with Crippen molar-refractivity contribution >= 4 is 6.21 Å². The number of methoxy groups -OCH3 is 1. The monoisotopic (exact) mass is 295 g/mol. The predicted octanol–water partition coefficient (Wildman–Crippen LogP) is 4.68. The van der Waals surface area contributed by atoms with Crippen LogP contribution in [0.5, 0.6) is 5.75 Å². The first-order chi connectivity index (χ1) is 10.0. The largest absolute Gasteiger partial charge is 0.494 e. The number of halogens is 2. The minimum Gasteiger partial charge on any atom is -0.494 e. The third-order valence-electron chi connectivity index (χ3n) is 2.55. The molecule has 0 fully saturated rings. The van der Waals surface area contributed by atoms with Crippen LogP contribution in [0.3, 0.4) is 0 Å². The smallest absolute Gasteiger partial charge is 0.259 e. The second-order valence-corrected chi connectivity index (χ2v) is 4.22. The highest BCUT2D eigenvalue weighted by Gasteiger charge is 2.15. The Morgan fingerprint density at radius 1 is 1.38 bits per heavy atom. The first kappa shape index (κ1) is 16.9. The van der Waals surface area contributed by atoms with Crippen molar-refractivity contribution in [1.29, 1.82) is 0 Å². The van der Waals surface area contributed by atoms with Gasteiger partial charge in [-0.05, 0) is 44.0 Å². The summed E-state index contributed by atoms with van der Waals surface area (Å²) in [5.41, 5.74) is 0.744. The molecule has 0 heterocycles. The topological polar surface area (TPSA) is 30.8 Å². The van der Waals surface area contributed by atoms with Gasteiger partial charge in [0.1, 0.15) is 0 Å². The van der Waals surface area contributed by atoms with Gasteiger partial charge >= 0.3 is 0 Å². The van der Waals surface area contributed by atoms with Gasteiger partial charge in [0.25, 0.3) is 5.88 Å². The standard InChI is InChI=1S/C16H19F2NO2/c1-5-7-14(20-4)15(18)16(19-6-2)21-13-9-8-11(3)10-12(13)17/h6-10H,5H2,1-4H3/b14-7-,16-15-,19-6-. The van der Waals surface area contributed by atoms with Gasteiger partial charge in [-0.15, -0.1) is 0 Å². The molecule has 0 bridgehead atoms. The highest BCUT2D eigenvalue weighted by molar-refractivity contribution is 5.55. The van der Waals surface area contributed by atoms with E-state index in [1.165, 1.54) is 25.5 Å². The quantitative estimate of drug-likeness (QED) is 0.433. The van der Waals surface area contributed by atoms with Crippen molar-refractivity contribution in [3.05, 3.63) is 53.1 Å². The molecule has 0 aromatic heterocycles. The summed E-state index contributed by atoms with van der Waals surface area (Å²) < 4.78 is 38.3. The maximum absolute atomic E-state index is 14.3. The zero-order valence-corrected chi connectivity index (χ0v) is 12.6. The molecule has 0 saturated carbocycles. The Labute approximate surface area is 123 Å². The molecule has 5 heteroatoms. The van der Waals surface area contributed by atoms with Gasteiger partial charge in [-0.25, -0.2) is 9.38 Å². The number of nitrogens with zero attached hydrogens (tertiary/aromatic N) is 1. The molecule has 0 spiro atoms. The lowest BCUT2D eigenvalue weighted by atomic mass is 10.2. The lowest BCUT2D eigenvalue weighted by molar-refractivity contribution is 0.269. The molecule has 1 rings (SSSR count). The Hall–Kier alpha value is -2.17. The van der Waals surface area contributed by atoms with Crippen LogP contribution in [0.15, 0.2) is 46.7 Å². The Balaban J connectivity index is 3.20. The summed E-state index contributed by atoms with van der Waals surface area (Å²) >= 11 is 0. The van der Waals surface area contributed by atoms with Gasteiger partial charge in [0.2, 0.25) is 5.83 Å². The molecule has 0 atom stereocenters. The molecular formula is C16H19F2NO2. The predicted molar refractivity (Wildman–Crippen MR) is 79.4 cm³/mol. The van der Waals surface area contributed by atoms with Crippen molar-refractivity contribution in [2.75, 3.05) is 7.11 Å². The van der Waals surface area contributed by atoms with Crippen molar-refractivity contribution in [2.45, 2.75) is 27.2 Å². The SMILES string of the molecule is C\C=N/C(Oc1ccc(C)cc1F)=C(F)\C(=C\CC)OC. The van der Waals surface area contributed by atoms with Crippen molar-refractivity contribution in [3.63, 3.8) is 0 Å². The second kappa shape index (κ2) is 8.19. The van der Waals surface area contributed by atoms with Gasteiger partial charge in [-0.1, -0.05) is 13.0 Å². The molecule has 3 nitrogen and oxygen atoms in total. The van der Waals surface area contributed by atoms with Crippen LogP contribution in [0.2, 0.25) is 0 Å². The van der Waals surface area contributed by atoms with Crippen LogP contribution in [-0.2, 0) is 4.74 Å². The Morgan fingerprint density at radius 2 is 2.10 bits per heavy atom. The molecule has 0 aliphatic rings. The summed E-state index contributed by atoms with van der Waals surface area (Å²) in [5, 5.41) is 0. The molecule has 21 heavy (non-hydrogen) atoms. The van der Waals surface area contributed by atoms with Crippen molar-refractivity contribution in [3.8, 4) is 5.75 Å². The average Bonchev–Trinajstić information content (AvgIpc) is 2.46. The number of benzene rings is 1. The van der Waals surface area contributed by atoms with E-state index in [1.54, 1.807) is 26.0 Å². The van der Waals surface area contributed by atoms with Crippen molar-refractivity contribution in [2.24, 2.45) is 4.99 Å². The fraction of sp³-hybridized carbons (Fsp3) is 0.312. The lowest BCUT2D eigenvalue weighted by Gasteiger charge is -2.10. The number of ether oxygens (including phenoxy) is 2. The van der Waals surface area contributed by atoms with Crippen LogP contribution in [0.4, 0.5) is 8.78 Å². The minimum absolute atomic E-state index is 0.00520. The van der Waals surface area contributed by atoms with Crippen LogP contribution >= 0.6 is 0 Å². The highest BCUT2D eigenvalue weighted by Crippen LogP contribution is 2.25. The van der Waals surface area contributed by atoms with E-state index < -0.39 is 11.6 Å². The second-order valence-electron chi connectivity index (χ2n) is 4.22. The molecule has 0 aliphatic carbocycles. The molecule has 1 aromatic carbocycles. The third-order valence-corrected chi connectivity index (χ3v) is 2.55. The maximum Gasteiger partial charge on any atom is 0.259 e. The van der Waals surface area contributed by atoms with E-state index in [9.17, 15) is 8.78 Å². The minimum atomic E-state index is -0.780. The Kier molecular flexibility index (Phi) is 6.59. The van der Waals surface area contributed by atoms with Gasteiger partial charge < -0.3 is 9.47 Å². The summed E-state index contributed by atoms with van der Waals surface area (Å²) in [6.45, 7) is 5.20. The zero-order valence-electron chi connectivity index (χ0n) is 12.6. The third kappa shape index (κ3) is 4.70. The van der Waals surface area contributed by atoms with Gasteiger partial charge in [0.05, 0.1) is 7.11 Å². The number of hydrogen-bond donors (Lipinski definition) is 0. The molecule has 0 saturated heterocycles. The summed E-state index contributed by atoms with van der Waals surface area (Å²) in [4.78, 5) is 3.80. The summed E-state index contributed by atoms with van der Waals surface area (Å²) in [5.74, 6) is -1.79. The van der Waals surface area contributed by atoms with E-state index in [2.05, 4.69) is 4.99 Å². The van der Waals surface area contributed by atoms with E-state index in [1.807, 2.05) is 6.92 Å². The number of hydrogen-bond acceptors (Lipinski definition) is 3. The van der Waals surface area contributed by atoms with Crippen LogP contribution in [0.1, 0.15) is 25.8 Å². The van der Waals surface area contributed by atoms with Crippen LogP contribution in [-0.4, -0.2) is 13.3 Å². The van der Waals surface area contributed by atoms with E-state index in [4.69, 9.17) is 9.47 Å². The van der Waals surface area contributed by atoms with Gasteiger partial charge in [-0.3, -0.25) is 0 Å². The van der Waals surface area contributed by atoms with Crippen LogP contribution < -0.4 is 4.74 Å². The molecular weight excluding hydrogens is 276 g/mol. The Bertz CT molecular complexity index is 578. The van der Waals surface area contributed by atoms with Crippen LogP contribution in [0.25, 0.3) is 0 Å². The van der Waals surface area contributed by atoms with Gasteiger partial charge in [-0.2, -0.15) is 4.39 Å². The molecule has 114 valence electrons. The van der Waals surface area contributed by atoms with Crippen molar-refractivity contribution < 1.29 is 18.3 Å². The zero-order chi connectivity index (χ0) is 15.8. The van der Waals surface area contributed by atoms with E-state index in [-0.39, 0.29) is 17.4 Å². The van der Waals surface area contributed by atoms with E-state index in [0.717, 1.165) is 5.56 Å². The summed E-state index contributed by atoms with van der Waals surface area (Å²) in [6, 6.07) is 4.40. The molecule has 0 amide bonds. The van der Waals surface area contributed by atoms with Gasteiger partial charge in [0.15, 0.2) is 17.3 Å². The number of allylic oxidation sites excluding steroid dienone is 2. The first-order valence-corrected chi connectivity index (χ1v) is 6.60. The number of aryl methyl sites for hydroxylation is 1. The first-order valence-electron chi connectivity index (χ1n) is 6.60. The number of aliphatic imine (C=N–C) groups is 1. The molecule has 1 aromatic rings. The normalized spacial score (nSPS) is 13.3. The summed E-state index contributed by atoms with van der Waals surface area (Å²) in [7, 11) is 1.35. The molecule has 0 N–H and O–H groups in total. The fourth-order valence-electron chi connectivity index (χ4n) is 1.59. The lowest BCUT2D eigenvalue weighted by Crippen LogP contribution is -2.01. The van der Waals surface area contributed by atoms with Gasteiger partial charge in [0, 0.05) is 6.21 Å². The van der Waals surface area contributed by atoms with Crippen molar-refractivity contribution in [1.82, 2.24) is 0 Å². The summed E-state index contributed by atoms with van der Waals surface area (Å²) in [6.07, 6.45) is 3.49. The van der Waals surface area contributed by atoms with Crippen LogP contribution in [0, 0.1) is 12.7 Å². The number of rotatable bonds is 6. The molecule has 0 unspecified atom stereocenters. The maximum atomic E-state index is 14.3. The highest BCUT2D eigenvalue weighted by atomic mass is 19.1. The fourth-order valence-corrected chi connectivity index (χ4v) is 1.59. The van der Waals surface area contributed by atoms with E-state index >= 15 is 0 Å². The molecule has 0 radical (unpaired) electrons. The average molecular weight is 295 g/mol. The Morgan fingerprint density at radius 3 is 2.62 bits per heavy atom.